The van der Waals surface area contributed by atoms with E-state index in [0.717, 1.165) is 15.7 Å². The maximum Gasteiger partial charge on any atom is 0.234 e. The Morgan fingerprint density at radius 1 is 1.50 bits per heavy atom. The van der Waals surface area contributed by atoms with Crippen molar-refractivity contribution < 1.29 is 9.90 Å². The molecule has 1 aromatic carbocycles. The quantitative estimate of drug-likeness (QED) is 0.871. The van der Waals surface area contributed by atoms with Gasteiger partial charge in [0, 0.05) is 9.72 Å². The molecule has 0 saturated carbocycles. The van der Waals surface area contributed by atoms with Crippen molar-refractivity contribution in [1.82, 2.24) is 0 Å². The first-order valence-electron chi connectivity index (χ1n) is 5.76. The molecule has 18 heavy (non-hydrogen) atoms. The highest BCUT2D eigenvalue weighted by Crippen LogP contribution is 2.24. The first-order valence-corrected chi connectivity index (χ1v) is 7.60. The van der Waals surface area contributed by atoms with Gasteiger partial charge in [-0.2, -0.15) is 0 Å². The lowest BCUT2D eigenvalue weighted by atomic mass is 10.2. The molecular formula is C13H18BrNO2S. The molecule has 3 nitrogen and oxygen atoms in total. The molecule has 1 amide bonds. The van der Waals surface area contributed by atoms with Crippen LogP contribution in [0.5, 0.6) is 0 Å². The van der Waals surface area contributed by atoms with E-state index in [4.69, 9.17) is 0 Å². The molecule has 0 aliphatic rings. The zero-order chi connectivity index (χ0) is 13.7. The number of hydrogen-bond acceptors (Lipinski definition) is 3. The van der Waals surface area contributed by atoms with E-state index in [2.05, 4.69) is 21.2 Å². The molecular weight excluding hydrogens is 314 g/mol. The number of anilines is 1. The lowest BCUT2D eigenvalue weighted by Crippen LogP contribution is -2.20. The van der Waals surface area contributed by atoms with Gasteiger partial charge in [0.25, 0.3) is 0 Å². The van der Waals surface area contributed by atoms with Crippen molar-refractivity contribution in [3.05, 3.63) is 28.2 Å². The van der Waals surface area contributed by atoms with Gasteiger partial charge in [0.05, 0.1) is 17.5 Å². The van der Waals surface area contributed by atoms with Crippen LogP contribution in [-0.4, -0.2) is 28.1 Å². The topological polar surface area (TPSA) is 49.3 Å². The van der Waals surface area contributed by atoms with Crippen molar-refractivity contribution in [3.63, 3.8) is 0 Å². The second-order valence-electron chi connectivity index (χ2n) is 4.29. The van der Waals surface area contributed by atoms with E-state index in [0.29, 0.717) is 5.75 Å². The Hall–Kier alpha value is -0.520. The summed E-state index contributed by atoms with van der Waals surface area (Å²) in [4.78, 5) is 11.7. The molecule has 1 aromatic rings. The number of carbonyl (C=O) groups excluding carboxylic acids is 1. The minimum atomic E-state index is -0.408. The van der Waals surface area contributed by atoms with E-state index >= 15 is 0 Å². The first kappa shape index (κ1) is 15.5. The summed E-state index contributed by atoms with van der Waals surface area (Å²) in [7, 11) is 0. The van der Waals surface area contributed by atoms with Gasteiger partial charge in [-0.3, -0.25) is 4.79 Å². The van der Waals surface area contributed by atoms with Gasteiger partial charge in [0.2, 0.25) is 5.91 Å². The van der Waals surface area contributed by atoms with Crippen LogP contribution in [0.2, 0.25) is 0 Å². The average molecular weight is 332 g/mol. The van der Waals surface area contributed by atoms with Crippen LogP contribution in [0.15, 0.2) is 22.7 Å². The summed E-state index contributed by atoms with van der Waals surface area (Å²) in [5.41, 5.74) is 1.91. The Kier molecular flexibility index (Phi) is 6.18. The molecule has 1 rings (SSSR count). The van der Waals surface area contributed by atoms with Gasteiger partial charge in [0.1, 0.15) is 0 Å². The minimum absolute atomic E-state index is 0.0530. The van der Waals surface area contributed by atoms with Crippen LogP contribution in [0.25, 0.3) is 0 Å². The Morgan fingerprint density at radius 2 is 2.17 bits per heavy atom. The zero-order valence-electron chi connectivity index (χ0n) is 10.7. The average Bonchev–Trinajstić information content (AvgIpc) is 2.29. The fourth-order valence-electron chi connectivity index (χ4n) is 1.25. The van der Waals surface area contributed by atoms with Gasteiger partial charge >= 0.3 is 0 Å². The number of nitrogens with one attached hydrogen (secondary N) is 1. The van der Waals surface area contributed by atoms with Crippen LogP contribution >= 0.6 is 27.7 Å². The first-order chi connectivity index (χ1) is 8.40. The van der Waals surface area contributed by atoms with Crippen LogP contribution in [-0.2, 0) is 4.79 Å². The number of aliphatic hydroxyl groups excluding tert-OH is 1. The number of aliphatic hydroxyl groups is 1. The maximum absolute atomic E-state index is 11.7. The van der Waals surface area contributed by atoms with Crippen LogP contribution < -0.4 is 5.32 Å². The summed E-state index contributed by atoms with van der Waals surface area (Å²) in [6.07, 6.45) is -0.408. The second-order valence-corrected chi connectivity index (χ2v) is 6.51. The van der Waals surface area contributed by atoms with Gasteiger partial charge in [-0.25, -0.2) is 0 Å². The monoisotopic (exact) mass is 331 g/mol. The summed E-state index contributed by atoms with van der Waals surface area (Å²) in [5.74, 6) is 0.281. The summed E-state index contributed by atoms with van der Waals surface area (Å²) in [6, 6.07) is 5.78. The highest BCUT2D eigenvalue weighted by Gasteiger charge is 2.12. The van der Waals surface area contributed by atoms with E-state index in [1.807, 2.05) is 32.0 Å². The zero-order valence-corrected chi connectivity index (χ0v) is 13.1. The number of carbonyl (C=O) groups is 1. The van der Waals surface area contributed by atoms with Crippen molar-refractivity contribution >= 4 is 39.3 Å². The maximum atomic E-state index is 11.7. The number of amides is 1. The van der Waals surface area contributed by atoms with Gasteiger partial charge in [-0.15, -0.1) is 11.8 Å². The predicted octanol–water partition coefficient (Wildman–Crippen LogP) is 3.20. The van der Waals surface area contributed by atoms with Crippen LogP contribution in [0.4, 0.5) is 5.69 Å². The van der Waals surface area contributed by atoms with E-state index in [-0.39, 0.29) is 11.2 Å². The lowest BCUT2D eigenvalue weighted by Gasteiger charge is -2.14. The molecule has 0 aromatic heterocycles. The Morgan fingerprint density at radius 3 is 2.72 bits per heavy atom. The van der Waals surface area contributed by atoms with E-state index < -0.39 is 6.10 Å². The van der Waals surface area contributed by atoms with Crippen molar-refractivity contribution in [3.8, 4) is 0 Å². The van der Waals surface area contributed by atoms with E-state index in [1.165, 1.54) is 11.8 Å². The van der Waals surface area contributed by atoms with Crippen molar-refractivity contribution in [1.29, 1.82) is 0 Å². The van der Waals surface area contributed by atoms with Gasteiger partial charge in [-0.05, 0) is 47.5 Å². The molecule has 2 unspecified atom stereocenters. The summed E-state index contributed by atoms with van der Waals surface area (Å²) >= 11 is 4.86. The normalized spacial score (nSPS) is 14.1. The molecule has 0 saturated heterocycles. The Bertz CT molecular complexity index is 423. The standard InChI is InChI=1S/C13H18BrNO2S/c1-8-4-5-12(11(14)6-8)15-13(17)7-18-10(3)9(2)16/h4-6,9-10,16H,7H2,1-3H3,(H,15,17). The van der Waals surface area contributed by atoms with Crippen LogP contribution in [0.3, 0.4) is 0 Å². The SMILES string of the molecule is Cc1ccc(NC(=O)CSC(C)C(C)O)c(Br)c1. The number of rotatable bonds is 5. The highest BCUT2D eigenvalue weighted by molar-refractivity contribution is 9.10. The molecule has 0 aliphatic heterocycles. The summed E-state index contributed by atoms with van der Waals surface area (Å²) in [5, 5.41) is 12.2. The minimum Gasteiger partial charge on any atom is -0.392 e. The molecule has 0 fully saturated rings. The number of aryl methyl sites for hydroxylation is 1. The summed E-state index contributed by atoms with van der Waals surface area (Å²) < 4.78 is 0.879. The van der Waals surface area contributed by atoms with Gasteiger partial charge in [-0.1, -0.05) is 13.0 Å². The Labute approximate surface area is 120 Å². The number of thioether (sulfide) groups is 1. The fourth-order valence-corrected chi connectivity index (χ4v) is 2.61. The lowest BCUT2D eigenvalue weighted by molar-refractivity contribution is -0.113. The molecule has 0 radical (unpaired) electrons. The predicted molar refractivity (Wildman–Crippen MR) is 81.1 cm³/mol. The largest absolute Gasteiger partial charge is 0.392 e. The molecule has 100 valence electrons. The smallest absolute Gasteiger partial charge is 0.234 e. The van der Waals surface area contributed by atoms with Crippen LogP contribution in [0, 0.1) is 6.92 Å². The van der Waals surface area contributed by atoms with E-state index in [9.17, 15) is 9.90 Å². The molecule has 2 atom stereocenters. The molecule has 0 heterocycles. The van der Waals surface area contributed by atoms with Crippen molar-refractivity contribution in [2.75, 3.05) is 11.1 Å². The third-order valence-electron chi connectivity index (χ3n) is 2.56. The number of benzene rings is 1. The van der Waals surface area contributed by atoms with Gasteiger partial charge in [0.15, 0.2) is 0 Å². The molecule has 0 aliphatic carbocycles. The van der Waals surface area contributed by atoms with Gasteiger partial charge < -0.3 is 10.4 Å². The highest BCUT2D eigenvalue weighted by atomic mass is 79.9. The molecule has 2 N–H and O–H groups in total. The second kappa shape index (κ2) is 7.16. The third kappa shape index (κ3) is 5.00. The summed E-state index contributed by atoms with van der Waals surface area (Å²) in [6.45, 7) is 5.63. The fraction of sp³-hybridized carbons (Fsp3) is 0.462. The van der Waals surface area contributed by atoms with Crippen LogP contribution in [0.1, 0.15) is 19.4 Å². The third-order valence-corrected chi connectivity index (χ3v) is 4.56. The molecule has 0 spiro atoms. The molecule has 5 heteroatoms. The number of hydrogen-bond donors (Lipinski definition) is 2. The Balaban J connectivity index is 2.50. The van der Waals surface area contributed by atoms with E-state index in [1.54, 1.807) is 6.92 Å². The molecule has 0 bridgehead atoms. The number of halogens is 1. The van der Waals surface area contributed by atoms with Crippen molar-refractivity contribution in [2.45, 2.75) is 32.1 Å². The van der Waals surface area contributed by atoms with Crippen molar-refractivity contribution in [2.24, 2.45) is 0 Å².